The van der Waals surface area contributed by atoms with E-state index in [0.29, 0.717) is 6.54 Å². The molecule has 3 aromatic carbocycles. The lowest BCUT2D eigenvalue weighted by atomic mass is 10.0. The van der Waals surface area contributed by atoms with Crippen molar-refractivity contribution in [3.05, 3.63) is 101 Å². The molecule has 1 aliphatic heterocycles. The third kappa shape index (κ3) is 6.53. The minimum Gasteiger partial charge on any atom is -0.324 e. The van der Waals surface area contributed by atoms with Gasteiger partial charge >= 0.3 is 0 Å². The second-order valence-electron chi connectivity index (χ2n) is 9.19. The summed E-state index contributed by atoms with van der Waals surface area (Å²) in [6, 6.07) is 24.4. The Hall–Kier alpha value is -2.95. The molecule has 1 amide bonds. The Labute approximate surface area is 198 Å². The number of nitrogens with one attached hydrogen (secondary N) is 2. The average Bonchev–Trinajstić information content (AvgIpc) is 2.84. The Balaban J connectivity index is 1.42. The fraction of sp³-hybridized carbons (Fsp3) is 0.345. The summed E-state index contributed by atoms with van der Waals surface area (Å²) in [5, 5.41) is 6.62. The molecule has 33 heavy (non-hydrogen) atoms. The Morgan fingerprint density at radius 1 is 0.879 bits per heavy atom. The van der Waals surface area contributed by atoms with Crippen molar-refractivity contribution in [2.75, 3.05) is 18.4 Å². The van der Waals surface area contributed by atoms with Gasteiger partial charge < -0.3 is 5.32 Å². The van der Waals surface area contributed by atoms with E-state index < -0.39 is 6.04 Å². The van der Waals surface area contributed by atoms with E-state index in [0.717, 1.165) is 28.9 Å². The van der Waals surface area contributed by atoms with Crippen LogP contribution in [0.2, 0.25) is 0 Å². The smallest absolute Gasteiger partial charge is 0.246 e. The predicted octanol–water partition coefficient (Wildman–Crippen LogP) is 5.76. The molecule has 0 saturated carbocycles. The van der Waals surface area contributed by atoms with Crippen molar-refractivity contribution < 1.29 is 4.79 Å². The van der Waals surface area contributed by atoms with Gasteiger partial charge in [0.1, 0.15) is 6.04 Å². The van der Waals surface area contributed by atoms with Crippen LogP contribution in [0, 0.1) is 13.8 Å². The molecule has 0 aliphatic carbocycles. The SMILES string of the molecule is Cc1ccc(C)c(NC(=O)C(NCc2ccc(CN3CCCCC3)cc2)c2ccccc2)c1. The lowest BCUT2D eigenvalue weighted by Crippen LogP contribution is -2.33. The molecule has 0 bridgehead atoms. The Bertz CT molecular complexity index is 1040. The first kappa shape index (κ1) is 23.2. The van der Waals surface area contributed by atoms with Crippen LogP contribution in [0.3, 0.4) is 0 Å². The first-order chi connectivity index (χ1) is 16.1. The van der Waals surface area contributed by atoms with Crippen LogP contribution in [0.4, 0.5) is 5.69 Å². The fourth-order valence-electron chi connectivity index (χ4n) is 4.44. The molecule has 0 radical (unpaired) electrons. The summed E-state index contributed by atoms with van der Waals surface area (Å²) in [4.78, 5) is 15.8. The van der Waals surface area contributed by atoms with Crippen molar-refractivity contribution in [2.24, 2.45) is 0 Å². The number of hydrogen-bond acceptors (Lipinski definition) is 3. The van der Waals surface area contributed by atoms with Gasteiger partial charge in [-0.25, -0.2) is 0 Å². The Morgan fingerprint density at radius 2 is 1.58 bits per heavy atom. The van der Waals surface area contributed by atoms with E-state index in [9.17, 15) is 4.79 Å². The number of likely N-dealkylation sites (tertiary alicyclic amines) is 1. The number of rotatable bonds is 8. The number of benzene rings is 3. The van der Waals surface area contributed by atoms with Gasteiger partial charge in [-0.1, -0.05) is 73.2 Å². The van der Waals surface area contributed by atoms with Gasteiger partial charge in [-0.3, -0.25) is 15.0 Å². The maximum atomic E-state index is 13.3. The van der Waals surface area contributed by atoms with Crippen molar-refractivity contribution in [3.8, 4) is 0 Å². The highest BCUT2D eigenvalue weighted by molar-refractivity contribution is 5.96. The number of hydrogen-bond donors (Lipinski definition) is 2. The van der Waals surface area contributed by atoms with Crippen molar-refractivity contribution in [3.63, 3.8) is 0 Å². The highest BCUT2D eigenvalue weighted by Crippen LogP contribution is 2.21. The van der Waals surface area contributed by atoms with Gasteiger partial charge in [0.05, 0.1) is 0 Å². The van der Waals surface area contributed by atoms with Gasteiger partial charge in [0.15, 0.2) is 0 Å². The topological polar surface area (TPSA) is 44.4 Å². The highest BCUT2D eigenvalue weighted by Gasteiger charge is 2.21. The van der Waals surface area contributed by atoms with Crippen molar-refractivity contribution in [1.82, 2.24) is 10.2 Å². The molecular weight excluding hydrogens is 406 g/mol. The Kier molecular flexibility index (Phi) is 7.92. The molecule has 3 aromatic rings. The molecule has 2 N–H and O–H groups in total. The van der Waals surface area contributed by atoms with Crippen LogP contribution in [0.5, 0.6) is 0 Å². The Morgan fingerprint density at radius 3 is 2.30 bits per heavy atom. The van der Waals surface area contributed by atoms with Gasteiger partial charge in [0, 0.05) is 18.8 Å². The first-order valence-corrected chi connectivity index (χ1v) is 12.0. The first-order valence-electron chi connectivity index (χ1n) is 12.0. The molecule has 1 aliphatic rings. The quantitative estimate of drug-likeness (QED) is 0.467. The monoisotopic (exact) mass is 441 g/mol. The zero-order valence-electron chi connectivity index (χ0n) is 19.8. The summed E-state index contributed by atoms with van der Waals surface area (Å²) in [6.07, 6.45) is 3.99. The molecular formula is C29H35N3O. The zero-order chi connectivity index (χ0) is 23.0. The normalized spacial score (nSPS) is 15.2. The number of nitrogens with zero attached hydrogens (tertiary/aromatic N) is 1. The van der Waals surface area contributed by atoms with E-state index in [1.165, 1.54) is 43.5 Å². The van der Waals surface area contributed by atoms with Gasteiger partial charge in [-0.05, 0) is 73.7 Å². The number of anilines is 1. The average molecular weight is 442 g/mol. The van der Waals surface area contributed by atoms with Crippen LogP contribution >= 0.6 is 0 Å². The van der Waals surface area contributed by atoms with Crippen LogP contribution in [0.1, 0.15) is 53.1 Å². The van der Waals surface area contributed by atoms with E-state index >= 15 is 0 Å². The van der Waals surface area contributed by atoms with E-state index in [1.54, 1.807) is 0 Å². The molecule has 4 rings (SSSR count). The summed E-state index contributed by atoms with van der Waals surface area (Å²) in [6.45, 7) is 8.12. The van der Waals surface area contributed by atoms with Crippen LogP contribution in [-0.2, 0) is 17.9 Å². The van der Waals surface area contributed by atoms with Crippen LogP contribution < -0.4 is 10.6 Å². The zero-order valence-corrected chi connectivity index (χ0v) is 19.8. The molecule has 1 heterocycles. The summed E-state index contributed by atoms with van der Waals surface area (Å²) < 4.78 is 0. The van der Waals surface area contributed by atoms with Gasteiger partial charge in [0.2, 0.25) is 5.91 Å². The second-order valence-corrected chi connectivity index (χ2v) is 9.19. The molecule has 1 atom stereocenters. The second kappa shape index (κ2) is 11.3. The number of carbonyl (C=O) groups excluding carboxylic acids is 1. The van der Waals surface area contributed by atoms with Crippen molar-refractivity contribution >= 4 is 11.6 Å². The molecule has 0 aromatic heterocycles. The molecule has 0 spiro atoms. The number of aryl methyl sites for hydroxylation is 2. The molecule has 172 valence electrons. The summed E-state index contributed by atoms with van der Waals surface area (Å²) >= 11 is 0. The van der Waals surface area contributed by atoms with Gasteiger partial charge in [0.25, 0.3) is 0 Å². The van der Waals surface area contributed by atoms with E-state index in [2.05, 4.69) is 45.9 Å². The lowest BCUT2D eigenvalue weighted by Gasteiger charge is -2.26. The van der Waals surface area contributed by atoms with Crippen LogP contribution in [-0.4, -0.2) is 23.9 Å². The minimum atomic E-state index is -0.431. The third-order valence-corrected chi connectivity index (χ3v) is 6.43. The molecule has 1 fully saturated rings. The van der Waals surface area contributed by atoms with Crippen molar-refractivity contribution in [1.29, 1.82) is 0 Å². The molecule has 1 unspecified atom stereocenters. The van der Waals surface area contributed by atoms with E-state index in [4.69, 9.17) is 0 Å². The largest absolute Gasteiger partial charge is 0.324 e. The third-order valence-electron chi connectivity index (χ3n) is 6.43. The predicted molar refractivity (Wildman–Crippen MR) is 136 cm³/mol. The van der Waals surface area contributed by atoms with Crippen molar-refractivity contribution in [2.45, 2.75) is 52.2 Å². The summed E-state index contributed by atoms with van der Waals surface area (Å²) in [5.74, 6) is -0.0448. The number of carbonyl (C=O) groups is 1. The number of amides is 1. The molecule has 4 heteroatoms. The van der Waals surface area contributed by atoms with Crippen LogP contribution in [0.15, 0.2) is 72.8 Å². The summed E-state index contributed by atoms with van der Waals surface area (Å²) in [7, 11) is 0. The summed E-state index contributed by atoms with van der Waals surface area (Å²) in [5.41, 5.74) is 6.55. The fourth-order valence-corrected chi connectivity index (χ4v) is 4.44. The number of piperidine rings is 1. The van der Waals surface area contributed by atoms with E-state index in [-0.39, 0.29) is 5.91 Å². The van der Waals surface area contributed by atoms with Crippen LogP contribution in [0.25, 0.3) is 0 Å². The lowest BCUT2D eigenvalue weighted by molar-refractivity contribution is -0.118. The highest BCUT2D eigenvalue weighted by atomic mass is 16.2. The maximum absolute atomic E-state index is 13.3. The maximum Gasteiger partial charge on any atom is 0.246 e. The van der Waals surface area contributed by atoms with Gasteiger partial charge in [-0.15, -0.1) is 0 Å². The standard InChI is InChI=1S/C29H35N3O/c1-22-11-12-23(2)27(19-22)31-29(33)28(26-9-5-3-6-10-26)30-20-24-13-15-25(16-14-24)21-32-17-7-4-8-18-32/h3,5-6,9-16,19,28,30H,4,7-8,17-18,20-21H2,1-2H3,(H,31,33). The molecule has 1 saturated heterocycles. The molecule has 4 nitrogen and oxygen atoms in total. The van der Waals surface area contributed by atoms with E-state index in [1.807, 2.05) is 56.3 Å². The minimum absolute atomic E-state index is 0.0448. The van der Waals surface area contributed by atoms with Gasteiger partial charge in [-0.2, -0.15) is 0 Å².